The van der Waals surface area contributed by atoms with Crippen molar-refractivity contribution in [2.45, 2.75) is 33.1 Å². The molecule has 1 aliphatic heterocycles. The lowest BCUT2D eigenvalue weighted by atomic mass is 9.70. The van der Waals surface area contributed by atoms with E-state index in [-0.39, 0.29) is 17.0 Å². The molecule has 1 aromatic rings. The second kappa shape index (κ2) is 6.73. The molecule has 154 valence electrons. The number of anilines is 1. The molecule has 6 nitrogen and oxygen atoms in total. The normalized spacial score (nSPS) is 30.0. The van der Waals surface area contributed by atoms with Crippen LogP contribution in [0.1, 0.15) is 33.1 Å². The van der Waals surface area contributed by atoms with Crippen LogP contribution in [0, 0.1) is 16.7 Å². The number of hydrogen-bond acceptors (Lipinski definition) is 5. The van der Waals surface area contributed by atoms with Crippen LogP contribution in [0.5, 0.6) is 5.75 Å². The monoisotopic (exact) mass is 406 g/mol. The van der Waals surface area contributed by atoms with Gasteiger partial charge in [0.2, 0.25) is 10.0 Å². The highest BCUT2D eigenvalue weighted by atomic mass is 32.2. The fourth-order valence-corrected chi connectivity index (χ4v) is 7.81. The molecule has 1 saturated heterocycles. The number of methoxy groups -OCH3 is 1. The first-order valence-corrected chi connectivity index (χ1v) is 11.7. The van der Waals surface area contributed by atoms with Gasteiger partial charge in [0.1, 0.15) is 11.5 Å². The minimum Gasteiger partial charge on any atom is -0.495 e. The van der Waals surface area contributed by atoms with Gasteiger partial charge in [0, 0.05) is 38.0 Å². The molecule has 0 amide bonds. The number of hydrogen-bond donors (Lipinski definition) is 0. The Labute approximate surface area is 167 Å². The Hall–Kier alpha value is -1.60. The number of benzene rings is 1. The van der Waals surface area contributed by atoms with Gasteiger partial charge in [-0.05, 0) is 36.3 Å². The first kappa shape index (κ1) is 19.7. The van der Waals surface area contributed by atoms with Gasteiger partial charge in [-0.2, -0.15) is 4.31 Å². The molecule has 1 aromatic carbocycles. The zero-order valence-corrected chi connectivity index (χ0v) is 17.8. The fraction of sp³-hybridized carbons (Fsp3) is 0.667. The second-order valence-corrected chi connectivity index (χ2v) is 10.9. The Bertz CT molecular complexity index is 874. The fourth-order valence-electron chi connectivity index (χ4n) is 5.61. The molecule has 7 heteroatoms. The van der Waals surface area contributed by atoms with E-state index in [9.17, 15) is 13.2 Å². The van der Waals surface area contributed by atoms with E-state index < -0.39 is 15.4 Å². The number of nitrogens with zero attached hydrogens (tertiary/aromatic N) is 2. The van der Waals surface area contributed by atoms with Crippen LogP contribution in [0.25, 0.3) is 0 Å². The van der Waals surface area contributed by atoms with E-state index >= 15 is 0 Å². The Morgan fingerprint density at radius 2 is 1.82 bits per heavy atom. The summed E-state index contributed by atoms with van der Waals surface area (Å²) in [6.07, 6.45) is 2.23. The Kier molecular flexibility index (Phi) is 4.74. The van der Waals surface area contributed by atoms with Gasteiger partial charge in [-0.1, -0.05) is 26.0 Å². The lowest BCUT2D eigenvalue weighted by Crippen LogP contribution is -2.52. The van der Waals surface area contributed by atoms with E-state index in [1.54, 1.807) is 11.4 Å². The van der Waals surface area contributed by atoms with Gasteiger partial charge in [0.15, 0.2) is 0 Å². The molecule has 28 heavy (non-hydrogen) atoms. The lowest BCUT2D eigenvalue weighted by molar-refractivity contribution is -0.128. The molecule has 2 bridgehead atoms. The van der Waals surface area contributed by atoms with E-state index in [4.69, 9.17) is 4.74 Å². The zero-order valence-electron chi connectivity index (χ0n) is 17.0. The summed E-state index contributed by atoms with van der Waals surface area (Å²) in [4.78, 5) is 14.9. The zero-order chi connectivity index (χ0) is 20.2. The second-order valence-electron chi connectivity index (χ2n) is 8.98. The van der Waals surface area contributed by atoms with Gasteiger partial charge in [-0.3, -0.25) is 4.79 Å². The number of rotatable bonds is 5. The number of ketones is 1. The molecule has 4 rings (SSSR count). The van der Waals surface area contributed by atoms with E-state index in [2.05, 4.69) is 18.7 Å². The summed E-state index contributed by atoms with van der Waals surface area (Å²) in [7, 11) is -1.83. The average Bonchev–Trinajstić information content (AvgIpc) is 3.02. The number of Topliss-reactive ketones (excluding diaryl/α,β-unsaturated/α-hetero) is 1. The molecular weight excluding hydrogens is 376 g/mol. The minimum absolute atomic E-state index is 0.0308. The molecule has 2 saturated carbocycles. The lowest BCUT2D eigenvalue weighted by Gasteiger charge is -2.40. The molecule has 0 aromatic heterocycles. The standard InChI is InChI=1S/C21H30N2O4S/c1-20(2)16-8-9-21(20,19(24)14-16)15-28(25,26)23-12-10-22(11-13-23)17-6-4-5-7-18(17)27-3/h4-7,16H,8-15H2,1-3H3/t16-,21+/m1/s1. The molecule has 0 N–H and O–H groups in total. The van der Waals surface area contributed by atoms with E-state index in [1.165, 1.54) is 0 Å². The SMILES string of the molecule is COc1ccccc1N1CCN(S(=O)(=O)C[C@@]23CC[C@H](CC2=O)C3(C)C)CC1. The van der Waals surface area contributed by atoms with Crippen LogP contribution >= 0.6 is 0 Å². The third kappa shape index (κ3) is 2.86. The highest BCUT2D eigenvalue weighted by molar-refractivity contribution is 7.89. The van der Waals surface area contributed by atoms with Crippen molar-refractivity contribution in [3.8, 4) is 5.75 Å². The first-order valence-electron chi connectivity index (χ1n) is 10.1. The summed E-state index contributed by atoms with van der Waals surface area (Å²) >= 11 is 0. The largest absolute Gasteiger partial charge is 0.495 e. The topological polar surface area (TPSA) is 66.9 Å². The van der Waals surface area contributed by atoms with Gasteiger partial charge in [0.05, 0.1) is 18.6 Å². The number of carbonyl (C=O) groups excluding carboxylic acids is 1. The summed E-state index contributed by atoms with van der Waals surface area (Å²) in [5, 5.41) is 0. The van der Waals surface area contributed by atoms with Crippen molar-refractivity contribution >= 4 is 21.5 Å². The molecular formula is C21H30N2O4S. The maximum atomic E-state index is 13.3. The summed E-state index contributed by atoms with van der Waals surface area (Å²) in [6, 6.07) is 7.81. The maximum Gasteiger partial charge on any atom is 0.215 e. The number of fused-ring (bicyclic) bond motifs is 2. The van der Waals surface area contributed by atoms with Gasteiger partial charge < -0.3 is 9.64 Å². The molecule has 3 aliphatic rings. The van der Waals surface area contributed by atoms with Crippen LogP contribution in [-0.4, -0.2) is 57.5 Å². The average molecular weight is 407 g/mol. The molecule has 0 radical (unpaired) electrons. The summed E-state index contributed by atoms with van der Waals surface area (Å²) < 4.78 is 33.5. The Morgan fingerprint density at radius 3 is 2.39 bits per heavy atom. The minimum atomic E-state index is -3.48. The van der Waals surface area contributed by atoms with E-state index in [0.717, 1.165) is 17.9 Å². The summed E-state index contributed by atoms with van der Waals surface area (Å²) in [5.74, 6) is 1.26. The summed E-state index contributed by atoms with van der Waals surface area (Å²) in [5.41, 5.74) is 0.0681. The number of sulfonamides is 1. The third-order valence-corrected chi connectivity index (χ3v) is 9.64. The molecule has 1 heterocycles. The Balaban J connectivity index is 1.48. The van der Waals surface area contributed by atoms with Gasteiger partial charge in [0.25, 0.3) is 0 Å². The first-order chi connectivity index (χ1) is 13.2. The number of piperazine rings is 1. The molecule has 2 atom stereocenters. The van der Waals surface area contributed by atoms with Crippen LogP contribution in [0.3, 0.4) is 0 Å². The predicted molar refractivity (Wildman–Crippen MR) is 109 cm³/mol. The number of ether oxygens (including phenoxy) is 1. The van der Waals surface area contributed by atoms with Crippen molar-refractivity contribution < 1.29 is 17.9 Å². The number of para-hydroxylation sites is 2. The maximum absolute atomic E-state index is 13.3. The van der Waals surface area contributed by atoms with Crippen LogP contribution in [-0.2, 0) is 14.8 Å². The van der Waals surface area contributed by atoms with Crippen LogP contribution < -0.4 is 9.64 Å². The highest BCUT2D eigenvalue weighted by Gasteiger charge is 2.65. The Morgan fingerprint density at radius 1 is 1.14 bits per heavy atom. The van der Waals surface area contributed by atoms with Crippen LogP contribution in [0.4, 0.5) is 5.69 Å². The van der Waals surface area contributed by atoms with Crippen molar-refractivity contribution in [3.63, 3.8) is 0 Å². The van der Waals surface area contributed by atoms with Crippen molar-refractivity contribution in [1.82, 2.24) is 4.31 Å². The molecule has 2 aliphatic carbocycles. The highest BCUT2D eigenvalue weighted by Crippen LogP contribution is 2.64. The van der Waals surface area contributed by atoms with Gasteiger partial charge >= 0.3 is 0 Å². The smallest absolute Gasteiger partial charge is 0.215 e. The third-order valence-electron chi connectivity index (χ3n) is 7.63. The van der Waals surface area contributed by atoms with Crippen LogP contribution in [0.2, 0.25) is 0 Å². The predicted octanol–water partition coefficient (Wildman–Crippen LogP) is 2.54. The van der Waals surface area contributed by atoms with Crippen molar-refractivity contribution in [3.05, 3.63) is 24.3 Å². The molecule has 0 spiro atoms. The van der Waals surface area contributed by atoms with Crippen molar-refractivity contribution in [2.75, 3.05) is 43.9 Å². The van der Waals surface area contributed by atoms with Gasteiger partial charge in [-0.25, -0.2) is 8.42 Å². The molecule has 3 fully saturated rings. The quantitative estimate of drug-likeness (QED) is 0.752. The van der Waals surface area contributed by atoms with Crippen molar-refractivity contribution in [2.24, 2.45) is 16.7 Å². The van der Waals surface area contributed by atoms with E-state index in [0.29, 0.717) is 44.9 Å². The summed E-state index contributed by atoms with van der Waals surface area (Å²) in [6.45, 7) is 6.29. The van der Waals surface area contributed by atoms with Crippen molar-refractivity contribution in [1.29, 1.82) is 0 Å². The van der Waals surface area contributed by atoms with Crippen LogP contribution in [0.15, 0.2) is 24.3 Å². The number of carbonyl (C=O) groups is 1. The molecule has 0 unspecified atom stereocenters. The van der Waals surface area contributed by atoms with Gasteiger partial charge in [-0.15, -0.1) is 0 Å². The van der Waals surface area contributed by atoms with E-state index in [1.807, 2.05) is 24.3 Å².